The molecular formula is C13H12F4N2OS. The van der Waals surface area contributed by atoms with Crippen LogP contribution in [0.25, 0.3) is 0 Å². The molecule has 0 atom stereocenters. The van der Waals surface area contributed by atoms with Gasteiger partial charge >= 0.3 is 5.51 Å². The largest absolute Gasteiger partial charge is 0.441 e. The number of rotatable bonds is 4. The van der Waals surface area contributed by atoms with Crippen LogP contribution in [0.1, 0.15) is 15.9 Å². The quantitative estimate of drug-likeness (QED) is 0.508. The molecule has 1 rings (SSSR count). The van der Waals surface area contributed by atoms with Gasteiger partial charge in [-0.05, 0) is 30.0 Å². The molecule has 8 heteroatoms. The van der Waals surface area contributed by atoms with Gasteiger partial charge in [0, 0.05) is 17.9 Å². The third kappa shape index (κ3) is 6.51. The molecule has 0 bridgehead atoms. The van der Waals surface area contributed by atoms with Gasteiger partial charge in [-0.25, -0.2) is 4.39 Å². The molecule has 0 aliphatic rings. The second-order valence-electron chi connectivity index (χ2n) is 3.75. The molecule has 0 aliphatic heterocycles. The molecule has 1 aromatic carbocycles. The predicted molar refractivity (Wildman–Crippen MR) is 73.2 cm³/mol. The summed E-state index contributed by atoms with van der Waals surface area (Å²) in [5.74, 6) is 3.30. The van der Waals surface area contributed by atoms with Gasteiger partial charge in [-0.1, -0.05) is 11.8 Å². The highest BCUT2D eigenvalue weighted by molar-refractivity contribution is 8.00. The van der Waals surface area contributed by atoms with E-state index in [1.165, 1.54) is 12.1 Å². The van der Waals surface area contributed by atoms with E-state index in [0.29, 0.717) is 5.56 Å². The molecule has 0 saturated heterocycles. The fourth-order valence-corrected chi connectivity index (χ4v) is 1.79. The number of alkyl halides is 3. The number of benzene rings is 1. The zero-order valence-corrected chi connectivity index (χ0v) is 11.6. The first-order valence-electron chi connectivity index (χ1n) is 5.81. The van der Waals surface area contributed by atoms with E-state index in [1.807, 2.05) is 0 Å². The average molecular weight is 320 g/mol. The van der Waals surface area contributed by atoms with E-state index >= 15 is 0 Å². The summed E-state index contributed by atoms with van der Waals surface area (Å²) in [7, 11) is 0. The monoisotopic (exact) mass is 320 g/mol. The lowest BCUT2D eigenvalue weighted by Gasteiger charge is -2.08. The topological polar surface area (TPSA) is 55.1 Å². The second kappa shape index (κ2) is 7.90. The van der Waals surface area contributed by atoms with Gasteiger partial charge < -0.3 is 11.1 Å². The Morgan fingerprint density at radius 3 is 2.71 bits per heavy atom. The molecule has 0 fully saturated rings. The van der Waals surface area contributed by atoms with E-state index in [1.54, 1.807) is 0 Å². The molecule has 0 saturated carbocycles. The van der Waals surface area contributed by atoms with Gasteiger partial charge in [0.25, 0.3) is 5.91 Å². The van der Waals surface area contributed by atoms with Crippen LogP contribution in [-0.2, 0) is 0 Å². The normalized spacial score (nSPS) is 10.7. The number of hydrogen-bond donors (Lipinski definition) is 2. The standard InChI is InChI=1S/C13H12F4N2OS/c14-11-4-3-9(2-1-5-18)8-10(11)12(20)19-6-7-21-13(15,16)17/h3-4,8H,5-7,18H2,(H,19,20). The van der Waals surface area contributed by atoms with Crippen molar-refractivity contribution in [2.24, 2.45) is 5.73 Å². The number of nitrogens with two attached hydrogens (primary N) is 1. The Morgan fingerprint density at radius 1 is 1.38 bits per heavy atom. The maximum Gasteiger partial charge on any atom is 0.441 e. The van der Waals surface area contributed by atoms with E-state index in [9.17, 15) is 22.4 Å². The molecule has 21 heavy (non-hydrogen) atoms. The lowest BCUT2D eigenvalue weighted by molar-refractivity contribution is -0.0327. The van der Waals surface area contributed by atoms with Gasteiger partial charge in [0.15, 0.2) is 0 Å². The molecular weight excluding hydrogens is 308 g/mol. The average Bonchev–Trinajstić information content (AvgIpc) is 2.41. The summed E-state index contributed by atoms with van der Waals surface area (Å²) in [5.41, 5.74) is 0.978. The minimum atomic E-state index is -4.35. The van der Waals surface area contributed by atoms with Gasteiger partial charge in [0.2, 0.25) is 0 Å². The SMILES string of the molecule is NCC#Cc1ccc(F)c(C(=O)NCCSC(F)(F)F)c1. The molecule has 0 heterocycles. The first-order valence-corrected chi connectivity index (χ1v) is 6.79. The Balaban J connectivity index is 2.65. The van der Waals surface area contributed by atoms with E-state index < -0.39 is 17.2 Å². The van der Waals surface area contributed by atoms with Crippen molar-refractivity contribution >= 4 is 17.7 Å². The van der Waals surface area contributed by atoms with Crippen LogP contribution in [0.5, 0.6) is 0 Å². The maximum atomic E-state index is 13.5. The second-order valence-corrected chi connectivity index (χ2v) is 4.91. The van der Waals surface area contributed by atoms with Gasteiger partial charge in [-0.2, -0.15) is 13.2 Å². The first-order chi connectivity index (χ1) is 9.83. The number of hydrogen-bond acceptors (Lipinski definition) is 3. The maximum absolute atomic E-state index is 13.5. The summed E-state index contributed by atoms with van der Waals surface area (Å²) in [4.78, 5) is 11.7. The minimum absolute atomic E-state index is 0.119. The zero-order chi connectivity index (χ0) is 15.9. The van der Waals surface area contributed by atoms with Gasteiger partial charge in [0.05, 0.1) is 12.1 Å². The Labute approximate surface area is 123 Å². The zero-order valence-electron chi connectivity index (χ0n) is 10.8. The van der Waals surface area contributed by atoms with Crippen LogP contribution < -0.4 is 11.1 Å². The Bertz CT molecular complexity index is 564. The van der Waals surface area contributed by atoms with Crippen molar-refractivity contribution in [2.75, 3.05) is 18.8 Å². The molecule has 1 aromatic rings. The van der Waals surface area contributed by atoms with Gasteiger partial charge in [-0.3, -0.25) is 4.79 Å². The van der Waals surface area contributed by atoms with E-state index in [2.05, 4.69) is 17.2 Å². The molecule has 3 N–H and O–H groups in total. The van der Waals surface area contributed by atoms with Crippen molar-refractivity contribution in [3.05, 3.63) is 35.1 Å². The van der Waals surface area contributed by atoms with Crippen molar-refractivity contribution in [3.63, 3.8) is 0 Å². The highest BCUT2D eigenvalue weighted by Gasteiger charge is 2.27. The molecule has 1 amide bonds. The fraction of sp³-hybridized carbons (Fsp3) is 0.308. The molecule has 0 radical (unpaired) electrons. The molecule has 0 spiro atoms. The van der Waals surface area contributed by atoms with Gasteiger partial charge in [-0.15, -0.1) is 0 Å². The van der Waals surface area contributed by atoms with Crippen LogP contribution in [0.2, 0.25) is 0 Å². The smallest absolute Gasteiger partial charge is 0.351 e. The molecule has 0 aliphatic carbocycles. The van der Waals surface area contributed by atoms with Crippen molar-refractivity contribution < 1.29 is 22.4 Å². The Morgan fingerprint density at radius 2 is 2.10 bits per heavy atom. The number of halogens is 4. The van der Waals surface area contributed by atoms with Crippen molar-refractivity contribution in [3.8, 4) is 11.8 Å². The third-order valence-corrected chi connectivity index (χ3v) is 2.93. The van der Waals surface area contributed by atoms with Crippen LogP contribution in [-0.4, -0.2) is 30.3 Å². The summed E-state index contributed by atoms with van der Waals surface area (Å²) in [6.07, 6.45) is 0. The highest BCUT2D eigenvalue weighted by atomic mass is 32.2. The number of amides is 1. The van der Waals surface area contributed by atoms with Gasteiger partial charge in [0.1, 0.15) is 5.82 Å². The van der Waals surface area contributed by atoms with E-state index in [0.717, 1.165) is 6.07 Å². The highest BCUT2D eigenvalue weighted by Crippen LogP contribution is 2.29. The fourth-order valence-electron chi connectivity index (χ4n) is 1.36. The summed E-state index contributed by atoms with van der Waals surface area (Å²) in [6.45, 7) is -0.102. The van der Waals surface area contributed by atoms with E-state index in [4.69, 9.17) is 5.73 Å². The molecule has 0 unspecified atom stereocenters. The lowest BCUT2D eigenvalue weighted by Crippen LogP contribution is -2.27. The van der Waals surface area contributed by atoms with Crippen LogP contribution in [0.4, 0.5) is 17.6 Å². The Kier molecular flexibility index (Phi) is 6.52. The summed E-state index contributed by atoms with van der Waals surface area (Å²) >= 11 is -0.256. The van der Waals surface area contributed by atoms with E-state index in [-0.39, 0.29) is 36.2 Å². The first kappa shape index (κ1) is 17.3. The third-order valence-electron chi connectivity index (χ3n) is 2.20. The lowest BCUT2D eigenvalue weighted by atomic mass is 10.1. The number of carbonyl (C=O) groups is 1. The number of thioether (sulfide) groups is 1. The molecule has 3 nitrogen and oxygen atoms in total. The van der Waals surface area contributed by atoms with Crippen molar-refractivity contribution in [2.45, 2.75) is 5.51 Å². The van der Waals surface area contributed by atoms with Crippen molar-refractivity contribution in [1.29, 1.82) is 0 Å². The minimum Gasteiger partial charge on any atom is -0.351 e. The summed E-state index contributed by atoms with van der Waals surface area (Å²) in [6, 6.07) is 3.68. The summed E-state index contributed by atoms with van der Waals surface area (Å²) in [5, 5.41) is 2.22. The van der Waals surface area contributed by atoms with Crippen molar-refractivity contribution in [1.82, 2.24) is 5.32 Å². The summed E-state index contributed by atoms with van der Waals surface area (Å²) < 4.78 is 49.2. The molecule has 0 aromatic heterocycles. The number of nitrogens with one attached hydrogen (secondary N) is 1. The van der Waals surface area contributed by atoms with Crippen LogP contribution >= 0.6 is 11.8 Å². The molecule has 114 valence electrons. The van der Waals surface area contributed by atoms with Crippen LogP contribution in [0, 0.1) is 17.7 Å². The van der Waals surface area contributed by atoms with Crippen LogP contribution in [0.3, 0.4) is 0 Å². The van der Waals surface area contributed by atoms with Crippen LogP contribution in [0.15, 0.2) is 18.2 Å². The predicted octanol–water partition coefficient (Wildman–Crippen LogP) is 2.12. The Hall–Kier alpha value is -1.72. The number of carbonyl (C=O) groups excluding carboxylic acids is 1.